The molecule has 1 aliphatic heterocycles. The lowest BCUT2D eigenvalue weighted by molar-refractivity contribution is -0.146. The number of alkyl halides is 3. The van der Waals surface area contributed by atoms with Gasteiger partial charge in [-0.1, -0.05) is 0 Å². The first kappa shape index (κ1) is 16.0. The summed E-state index contributed by atoms with van der Waals surface area (Å²) in [5.41, 5.74) is 5.31. The summed E-state index contributed by atoms with van der Waals surface area (Å²) in [5, 5.41) is 5.99. The number of H-pyrrole nitrogens is 1. The number of nitrogens with zero attached hydrogens (tertiary/aromatic N) is 4. The second-order valence-corrected chi connectivity index (χ2v) is 5.32. The fourth-order valence-electron chi connectivity index (χ4n) is 2.54. The highest BCUT2D eigenvalue weighted by molar-refractivity contribution is 6.01. The van der Waals surface area contributed by atoms with Crippen LogP contribution in [0.25, 0.3) is 0 Å². The van der Waals surface area contributed by atoms with Gasteiger partial charge in [0.1, 0.15) is 5.69 Å². The van der Waals surface area contributed by atoms with E-state index >= 15 is 0 Å². The van der Waals surface area contributed by atoms with Gasteiger partial charge in [0.2, 0.25) is 11.8 Å². The highest BCUT2D eigenvalue weighted by Gasteiger charge is 2.40. The van der Waals surface area contributed by atoms with E-state index in [4.69, 9.17) is 5.73 Å². The molecule has 1 saturated heterocycles. The lowest BCUT2D eigenvalue weighted by atomic mass is 10.2. The maximum atomic E-state index is 12.9. The highest BCUT2D eigenvalue weighted by Crippen LogP contribution is 2.29. The minimum Gasteiger partial charge on any atom is -0.367 e. The topological polar surface area (TPSA) is 110 Å². The van der Waals surface area contributed by atoms with Crippen molar-refractivity contribution in [3.8, 4) is 0 Å². The predicted molar refractivity (Wildman–Crippen MR) is 75.1 cm³/mol. The lowest BCUT2D eigenvalue weighted by Crippen LogP contribution is -2.27. The molecule has 128 valence electrons. The minimum atomic E-state index is -4.88. The first-order chi connectivity index (χ1) is 11.3. The van der Waals surface area contributed by atoms with Crippen molar-refractivity contribution >= 4 is 17.8 Å². The van der Waals surface area contributed by atoms with Crippen LogP contribution >= 0.6 is 0 Å². The molecule has 0 spiro atoms. The number of hydrogen-bond acceptors (Lipinski definition) is 5. The van der Waals surface area contributed by atoms with Crippen molar-refractivity contribution in [3.05, 3.63) is 29.3 Å². The Morgan fingerprint density at radius 1 is 1.17 bits per heavy atom. The number of nitrogen functional groups attached to an aromatic ring is 1. The molecule has 0 aromatic carbocycles. The number of hydrogen-bond donors (Lipinski definition) is 2. The quantitative estimate of drug-likeness (QED) is 0.850. The van der Waals surface area contributed by atoms with Crippen molar-refractivity contribution < 1.29 is 22.8 Å². The number of halogens is 3. The molecule has 1 fully saturated rings. The van der Waals surface area contributed by atoms with Gasteiger partial charge in [0.15, 0.2) is 0 Å². The number of aromatic amines is 1. The van der Waals surface area contributed by atoms with Crippen LogP contribution in [0, 0.1) is 0 Å². The molecule has 8 nitrogen and oxygen atoms in total. The van der Waals surface area contributed by atoms with Crippen LogP contribution in [0.1, 0.15) is 39.5 Å². The van der Waals surface area contributed by atoms with E-state index < -0.39 is 23.9 Å². The standard InChI is InChI=1S/C13H13F3N6O2/c14-13(15,16)11-19-20-12(17)22(11)9(23)7-5-8(18-6-7)10(24)21-3-1-2-4-21/h5-6,18H,1-4H2,(H2,17,20). The summed E-state index contributed by atoms with van der Waals surface area (Å²) >= 11 is 0. The van der Waals surface area contributed by atoms with E-state index in [2.05, 4.69) is 15.2 Å². The second-order valence-electron chi connectivity index (χ2n) is 5.32. The third kappa shape index (κ3) is 2.72. The normalized spacial score (nSPS) is 15.0. The molecule has 2 aromatic heterocycles. The predicted octanol–water partition coefficient (Wildman–Crippen LogP) is 1.13. The molecule has 1 amide bonds. The number of carbonyl (C=O) groups is 2. The molecule has 0 unspecified atom stereocenters. The number of amides is 1. The van der Waals surface area contributed by atoms with E-state index in [9.17, 15) is 22.8 Å². The number of rotatable bonds is 2. The van der Waals surface area contributed by atoms with Gasteiger partial charge >= 0.3 is 6.18 Å². The van der Waals surface area contributed by atoms with Gasteiger partial charge < -0.3 is 15.6 Å². The maximum absolute atomic E-state index is 12.9. The van der Waals surface area contributed by atoms with Gasteiger partial charge in [-0.2, -0.15) is 13.2 Å². The van der Waals surface area contributed by atoms with E-state index in [0.717, 1.165) is 19.0 Å². The van der Waals surface area contributed by atoms with Crippen LogP contribution in [0.3, 0.4) is 0 Å². The second kappa shape index (κ2) is 5.65. The van der Waals surface area contributed by atoms with Crippen LogP contribution in [0.2, 0.25) is 0 Å². The Kier molecular flexibility index (Phi) is 3.78. The van der Waals surface area contributed by atoms with Crippen molar-refractivity contribution in [2.24, 2.45) is 0 Å². The zero-order valence-electron chi connectivity index (χ0n) is 12.3. The van der Waals surface area contributed by atoms with Gasteiger partial charge in [-0.3, -0.25) is 9.59 Å². The number of aromatic nitrogens is 4. The molecule has 3 heterocycles. The van der Waals surface area contributed by atoms with Crippen molar-refractivity contribution in [1.82, 2.24) is 24.6 Å². The molecule has 11 heteroatoms. The molecule has 0 atom stereocenters. The molecular weight excluding hydrogens is 329 g/mol. The van der Waals surface area contributed by atoms with Crippen molar-refractivity contribution in [3.63, 3.8) is 0 Å². The molecule has 0 aliphatic carbocycles. The third-order valence-corrected chi connectivity index (χ3v) is 3.70. The Balaban J connectivity index is 1.90. The smallest absolute Gasteiger partial charge is 0.367 e. The molecule has 0 bridgehead atoms. The Morgan fingerprint density at radius 2 is 1.83 bits per heavy atom. The van der Waals surface area contributed by atoms with E-state index in [-0.39, 0.29) is 21.7 Å². The monoisotopic (exact) mass is 342 g/mol. The van der Waals surface area contributed by atoms with E-state index in [1.165, 1.54) is 6.07 Å². The van der Waals surface area contributed by atoms with E-state index in [1.807, 2.05) is 0 Å². The number of anilines is 1. The summed E-state index contributed by atoms with van der Waals surface area (Å²) in [4.78, 5) is 28.7. The summed E-state index contributed by atoms with van der Waals surface area (Å²) in [6, 6.07) is 1.20. The molecule has 3 rings (SSSR count). The highest BCUT2D eigenvalue weighted by atomic mass is 19.4. The molecule has 0 saturated carbocycles. The zero-order chi connectivity index (χ0) is 17.5. The zero-order valence-corrected chi connectivity index (χ0v) is 12.3. The minimum absolute atomic E-state index is 0.125. The van der Waals surface area contributed by atoms with E-state index in [0.29, 0.717) is 13.1 Å². The van der Waals surface area contributed by atoms with Crippen LogP contribution in [0.15, 0.2) is 12.3 Å². The summed E-state index contributed by atoms with van der Waals surface area (Å²) in [6.07, 6.45) is -1.94. The Bertz CT molecular complexity index is 788. The largest absolute Gasteiger partial charge is 0.452 e. The fraction of sp³-hybridized carbons (Fsp3) is 0.385. The van der Waals surface area contributed by atoms with Gasteiger partial charge in [-0.15, -0.1) is 10.2 Å². The van der Waals surface area contributed by atoms with Crippen molar-refractivity contribution in [1.29, 1.82) is 0 Å². The molecule has 3 N–H and O–H groups in total. The van der Waals surface area contributed by atoms with Crippen LogP contribution in [0.5, 0.6) is 0 Å². The van der Waals surface area contributed by atoms with Crippen molar-refractivity contribution in [2.75, 3.05) is 18.8 Å². The van der Waals surface area contributed by atoms with Gasteiger partial charge in [0.05, 0.1) is 5.56 Å². The molecule has 1 aliphatic rings. The van der Waals surface area contributed by atoms with Gasteiger partial charge in [0.25, 0.3) is 11.8 Å². The summed E-state index contributed by atoms with van der Waals surface area (Å²) in [7, 11) is 0. The van der Waals surface area contributed by atoms with Crippen LogP contribution in [0.4, 0.5) is 19.1 Å². The van der Waals surface area contributed by atoms with Crippen LogP contribution < -0.4 is 5.73 Å². The summed E-state index contributed by atoms with van der Waals surface area (Å²) < 4.78 is 38.8. The van der Waals surface area contributed by atoms with Crippen LogP contribution in [-0.4, -0.2) is 49.6 Å². The number of nitrogens with one attached hydrogen (secondary N) is 1. The Hall–Kier alpha value is -2.85. The third-order valence-electron chi connectivity index (χ3n) is 3.70. The first-order valence-corrected chi connectivity index (χ1v) is 7.09. The summed E-state index contributed by atoms with van der Waals surface area (Å²) in [6.45, 7) is 1.22. The number of carbonyl (C=O) groups excluding carboxylic acids is 2. The summed E-state index contributed by atoms with van der Waals surface area (Å²) in [5.74, 6) is -3.57. The number of likely N-dealkylation sites (tertiary alicyclic amines) is 1. The fourth-order valence-corrected chi connectivity index (χ4v) is 2.54. The molecule has 24 heavy (non-hydrogen) atoms. The SMILES string of the molecule is Nc1nnc(C(F)(F)F)n1C(=O)c1c[nH]c(C(=O)N2CCCC2)c1. The van der Waals surface area contributed by atoms with Crippen LogP contribution in [-0.2, 0) is 6.18 Å². The first-order valence-electron chi connectivity index (χ1n) is 7.09. The molecular formula is C13H13F3N6O2. The molecule has 2 aromatic rings. The maximum Gasteiger partial charge on any atom is 0.452 e. The lowest BCUT2D eigenvalue weighted by Gasteiger charge is -2.13. The number of nitrogens with two attached hydrogens (primary N) is 1. The van der Waals surface area contributed by atoms with Gasteiger partial charge in [-0.05, 0) is 18.9 Å². The van der Waals surface area contributed by atoms with Gasteiger partial charge in [-0.25, -0.2) is 4.57 Å². The average molecular weight is 342 g/mol. The van der Waals surface area contributed by atoms with Gasteiger partial charge in [0, 0.05) is 19.3 Å². The average Bonchev–Trinajstić information content (AvgIpc) is 3.25. The van der Waals surface area contributed by atoms with E-state index in [1.54, 1.807) is 4.90 Å². The Labute approximate surface area is 133 Å². The Morgan fingerprint density at radius 3 is 2.46 bits per heavy atom. The van der Waals surface area contributed by atoms with Crippen molar-refractivity contribution in [2.45, 2.75) is 19.0 Å². The molecule has 0 radical (unpaired) electrons.